The smallest absolute Gasteiger partial charge is 0.0342 e. The molecule has 12 heavy (non-hydrogen) atoms. The van der Waals surface area contributed by atoms with Crippen LogP contribution in [0.5, 0.6) is 0 Å². The van der Waals surface area contributed by atoms with Crippen molar-refractivity contribution in [2.75, 3.05) is 0 Å². The van der Waals surface area contributed by atoms with Crippen molar-refractivity contribution in [1.29, 1.82) is 0 Å². The first-order chi connectivity index (χ1) is 5.33. The standard InChI is InChI=1S/C11H19Cl/c1-9(10(2)12)7-6-8-11(3,4)5/h9-10H,7H2,1-5H3. The molecule has 0 aromatic carbocycles. The molecule has 0 aliphatic heterocycles. The van der Waals surface area contributed by atoms with Crippen molar-refractivity contribution in [3.63, 3.8) is 0 Å². The molecule has 0 heterocycles. The molecule has 0 amide bonds. The lowest BCUT2D eigenvalue weighted by Gasteiger charge is -2.10. The van der Waals surface area contributed by atoms with Crippen molar-refractivity contribution in [2.45, 2.75) is 46.4 Å². The largest absolute Gasteiger partial charge is 0.123 e. The van der Waals surface area contributed by atoms with Crippen LogP contribution in [0.15, 0.2) is 0 Å². The van der Waals surface area contributed by atoms with Gasteiger partial charge in [-0.05, 0) is 33.6 Å². The maximum absolute atomic E-state index is 5.91. The minimum absolute atomic E-state index is 0.120. The van der Waals surface area contributed by atoms with Crippen LogP contribution in [0.2, 0.25) is 0 Å². The first kappa shape index (κ1) is 11.8. The van der Waals surface area contributed by atoms with E-state index < -0.39 is 0 Å². The van der Waals surface area contributed by atoms with Crippen LogP contribution in [-0.2, 0) is 0 Å². The van der Waals surface area contributed by atoms with Gasteiger partial charge < -0.3 is 0 Å². The number of halogens is 1. The van der Waals surface area contributed by atoms with Gasteiger partial charge in [0.25, 0.3) is 0 Å². The van der Waals surface area contributed by atoms with Gasteiger partial charge in [-0.1, -0.05) is 12.8 Å². The molecule has 0 N–H and O–H groups in total. The van der Waals surface area contributed by atoms with Crippen molar-refractivity contribution in [2.24, 2.45) is 11.3 Å². The van der Waals surface area contributed by atoms with Crippen molar-refractivity contribution in [3.05, 3.63) is 0 Å². The number of alkyl halides is 1. The summed E-state index contributed by atoms with van der Waals surface area (Å²) in [7, 11) is 0. The second-order valence-corrected chi connectivity index (χ2v) is 5.10. The molecule has 0 rings (SSSR count). The van der Waals surface area contributed by atoms with Crippen LogP contribution in [-0.4, -0.2) is 5.38 Å². The Bertz CT molecular complexity index is 175. The van der Waals surface area contributed by atoms with Gasteiger partial charge in [0.15, 0.2) is 0 Å². The Morgan fingerprint density at radius 1 is 1.25 bits per heavy atom. The van der Waals surface area contributed by atoms with Crippen molar-refractivity contribution in [1.82, 2.24) is 0 Å². The normalized spacial score (nSPS) is 16.2. The third-order valence-corrected chi connectivity index (χ3v) is 2.10. The summed E-state index contributed by atoms with van der Waals surface area (Å²) >= 11 is 5.91. The summed E-state index contributed by atoms with van der Waals surface area (Å²) in [6.45, 7) is 10.5. The molecule has 0 bridgehead atoms. The third-order valence-electron chi connectivity index (χ3n) is 1.67. The van der Waals surface area contributed by atoms with Crippen LogP contribution in [0.3, 0.4) is 0 Å². The molecule has 0 aromatic rings. The van der Waals surface area contributed by atoms with Crippen LogP contribution in [0.4, 0.5) is 0 Å². The minimum Gasteiger partial charge on any atom is -0.123 e. The van der Waals surface area contributed by atoms with E-state index in [4.69, 9.17) is 11.6 Å². The molecule has 0 nitrogen and oxygen atoms in total. The monoisotopic (exact) mass is 186 g/mol. The van der Waals surface area contributed by atoms with Crippen LogP contribution < -0.4 is 0 Å². The zero-order valence-electron chi connectivity index (χ0n) is 8.74. The maximum atomic E-state index is 5.91. The average molecular weight is 187 g/mol. The Hall–Kier alpha value is -0.150. The lowest BCUT2D eigenvalue weighted by atomic mass is 9.96. The Morgan fingerprint density at radius 2 is 1.75 bits per heavy atom. The van der Waals surface area contributed by atoms with E-state index in [0.29, 0.717) is 5.92 Å². The lowest BCUT2D eigenvalue weighted by Crippen LogP contribution is -2.06. The summed E-state index contributed by atoms with van der Waals surface area (Å²) in [4.78, 5) is 0. The molecule has 0 aliphatic rings. The van der Waals surface area contributed by atoms with E-state index in [1.54, 1.807) is 0 Å². The fourth-order valence-electron chi connectivity index (χ4n) is 0.640. The quantitative estimate of drug-likeness (QED) is 0.456. The summed E-state index contributed by atoms with van der Waals surface area (Å²) < 4.78 is 0. The second kappa shape index (κ2) is 4.77. The fraction of sp³-hybridized carbons (Fsp3) is 0.818. The lowest BCUT2D eigenvalue weighted by molar-refractivity contribution is 0.562. The number of hydrogen-bond acceptors (Lipinski definition) is 0. The topological polar surface area (TPSA) is 0 Å². The Balaban J connectivity index is 3.87. The number of hydrogen-bond donors (Lipinski definition) is 0. The van der Waals surface area contributed by atoms with E-state index in [1.165, 1.54) is 0 Å². The van der Waals surface area contributed by atoms with Crippen molar-refractivity contribution >= 4 is 11.6 Å². The van der Waals surface area contributed by atoms with Gasteiger partial charge in [0.1, 0.15) is 0 Å². The van der Waals surface area contributed by atoms with Gasteiger partial charge in [0.2, 0.25) is 0 Å². The van der Waals surface area contributed by atoms with E-state index in [1.807, 2.05) is 6.92 Å². The molecule has 0 aromatic heterocycles. The summed E-state index contributed by atoms with van der Waals surface area (Å²) in [5, 5.41) is 0.222. The van der Waals surface area contributed by atoms with E-state index in [9.17, 15) is 0 Å². The SMILES string of the molecule is CC(Cl)C(C)CC#CC(C)(C)C. The highest BCUT2D eigenvalue weighted by molar-refractivity contribution is 6.20. The molecule has 70 valence electrons. The highest BCUT2D eigenvalue weighted by Gasteiger charge is 2.07. The van der Waals surface area contributed by atoms with E-state index in [0.717, 1.165) is 6.42 Å². The predicted molar refractivity (Wildman–Crippen MR) is 56.3 cm³/mol. The molecule has 0 saturated heterocycles. The van der Waals surface area contributed by atoms with Crippen molar-refractivity contribution < 1.29 is 0 Å². The van der Waals surface area contributed by atoms with Gasteiger partial charge >= 0.3 is 0 Å². The summed E-state index contributed by atoms with van der Waals surface area (Å²) in [6, 6.07) is 0. The molecule has 0 aliphatic carbocycles. The van der Waals surface area contributed by atoms with Gasteiger partial charge in [-0.2, -0.15) is 0 Å². The third kappa shape index (κ3) is 6.55. The van der Waals surface area contributed by atoms with Gasteiger partial charge in [0.05, 0.1) is 0 Å². The van der Waals surface area contributed by atoms with E-state index >= 15 is 0 Å². The molecule has 2 unspecified atom stereocenters. The molecule has 2 atom stereocenters. The maximum Gasteiger partial charge on any atom is 0.0342 e. The average Bonchev–Trinajstić information content (AvgIpc) is 1.84. The van der Waals surface area contributed by atoms with Crippen molar-refractivity contribution in [3.8, 4) is 11.8 Å². The highest BCUT2D eigenvalue weighted by atomic mass is 35.5. The predicted octanol–water partition coefficient (Wildman–Crippen LogP) is 3.69. The molecule has 0 radical (unpaired) electrons. The van der Waals surface area contributed by atoms with Crippen LogP contribution >= 0.6 is 11.6 Å². The van der Waals surface area contributed by atoms with Crippen LogP contribution in [0.25, 0.3) is 0 Å². The zero-order valence-corrected chi connectivity index (χ0v) is 9.50. The Labute approximate surface area is 81.7 Å². The van der Waals surface area contributed by atoms with Gasteiger partial charge in [0, 0.05) is 17.2 Å². The Kier molecular flexibility index (Phi) is 4.71. The molecular formula is C11H19Cl. The molecule has 0 fully saturated rings. The highest BCUT2D eigenvalue weighted by Crippen LogP contribution is 2.14. The fourth-order valence-corrected chi connectivity index (χ4v) is 0.729. The van der Waals surface area contributed by atoms with Crippen LogP contribution in [0, 0.1) is 23.2 Å². The first-order valence-corrected chi connectivity index (χ1v) is 4.90. The first-order valence-electron chi connectivity index (χ1n) is 4.47. The van der Waals surface area contributed by atoms with Gasteiger partial charge in [-0.25, -0.2) is 0 Å². The summed E-state index contributed by atoms with van der Waals surface area (Å²) in [6.07, 6.45) is 0.905. The van der Waals surface area contributed by atoms with Crippen LogP contribution in [0.1, 0.15) is 41.0 Å². The Morgan fingerprint density at radius 3 is 2.08 bits per heavy atom. The zero-order chi connectivity index (χ0) is 9.78. The van der Waals surface area contributed by atoms with Gasteiger partial charge in [-0.15, -0.1) is 17.5 Å². The van der Waals surface area contributed by atoms with E-state index in [-0.39, 0.29) is 10.8 Å². The molecular weight excluding hydrogens is 168 g/mol. The summed E-state index contributed by atoms with van der Waals surface area (Å²) in [5.41, 5.74) is 0.120. The van der Waals surface area contributed by atoms with E-state index in [2.05, 4.69) is 39.5 Å². The summed E-state index contributed by atoms with van der Waals surface area (Å²) in [5.74, 6) is 6.86. The molecule has 0 spiro atoms. The minimum atomic E-state index is 0.120. The number of rotatable bonds is 2. The molecule has 1 heteroatoms. The van der Waals surface area contributed by atoms with Gasteiger partial charge in [-0.3, -0.25) is 0 Å². The molecule has 0 saturated carbocycles. The second-order valence-electron chi connectivity index (χ2n) is 4.41.